The molecule has 4 aromatic carbocycles. The highest BCUT2D eigenvalue weighted by Gasteiger charge is 2.25. The van der Waals surface area contributed by atoms with Crippen molar-refractivity contribution in [3.8, 4) is 23.0 Å². The van der Waals surface area contributed by atoms with E-state index in [4.69, 9.17) is 30.4 Å². The highest BCUT2D eigenvalue weighted by Crippen LogP contribution is 2.16. The molecule has 14 heteroatoms. The summed E-state index contributed by atoms with van der Waals surface area (Å²) in [4.78, 5) is 47.7. The van der Waals surface area contributed by atoms with Crippen LogP contribution in [-0.4, -0.2) is 86.6 Å². The van der Waals surface area contributed by atoms with Crippen LogP contribution in [0.15, 0.2) is 97.1 Å². The highest BCUT2D eigenvalue weighted by atomic mass is 16.5. The van der Waals surface area contributed by atoms with Crippen molar-refractivity contribution in [1.82, 2.24) is 10.6 Å². The first-order chi connectivity index (χ1) is 25.8. The molecule has 0 aromatic heterocycles. The number of rotatable bonds is 18. The van der Waals surface area contributed by atoms with Gasteiger partial charge in [-0.3, -0.25) is 9.59 Å². The number of aliphatic carboxylic acids is 2. The number of hydrogen-bond acceptors (Lipinski definition) is 10. The van der Waals surface area contributed by atoms with Gasteiger partial charge in [-0.2, -0.15) is 0 Å². The number of nitrogens with two attached hydrogens (primary N) is 2. The molecule has 0 aliphatic heterocycles. The van der Waals surface area contributed by atoms with Gasteiger partial charge in [0.1, 0.15) is 35.1 Å². The van der Waals surface area contributed by atoms with E-state index >= 15 is 0 Å². The monoisotopic (exact) mass is 776 g/mol. The van der Waals surface area contributed by atoms with Crippen molar-refractivity contribution in [2.24, 2.45) is 11.5 Å². The van der Waals surface area contributed by atoms with Gasteiger partial charge in [0.05, 0.1) is 40.5 Å². The van der Waals surface area contributed by atoms with Crippen molar-refractivity contribution in [1.29, 1.82) is 0 Å². The molecule has 0 saturated heterocycles. The zero-order valence-electron chi connectivity index (χ0n) is 30.7. The van der Waals surface area contributed by atoms with Crippen LogP contribution in [0.5, 0.6) is 23.0 Å². The van der Waals surface area contributed by atoms with E-state index in [9.17, 15) is 29.4 Å². The third kappa shape index (κ3) is 15.7. The standard InChI is InChI=1S/2C20H24N2O5.2CH4/c2*1-26-15-7-3-13(4-8-15)11-17(21)19(23)22-18(20(24)25)12-14-5-9-16(27-2)10-6-14;;/h2*3-10,17-18H,11-12,21H2,1-2H3,(H,22,23)(H,24,25);2*1H4/t2*17-,18+;;/m10../s1. The summed E-state index contributed by atoms with van der Waals surface area (Å²) >= 11 is 0. The lowest BCUT2D eigenvalue weighted by atomic mass is 10.0. The van der Waals surface area contributed by atoms with Crippen molar-refractivity contribution in [2.45, 2.75) is 64.7 Å². The molecular weight excluding hydrogens is 720 g/mol. The lowest BCUT2D eigenvalue weighted by Gasteiger charge is -2.18. The first kappa shape index (κ1) is 47.9. The molecule has 2 amide bonds. The van der Waals surface area contributed by atoms with E-state index in [0.29, 0.717) is 35.8 Å². The van der Waals surface area contributed by atoms with Crippen LogP contribution in [0.25, 0.3) is 0 Å². The van der Waals surface area contributed by atoms with Crippen LogP contribution in [0.4, 0.5) is 0 Å². The van der Waals surface area contributed by atoms with Crippen LogP contribution in [0.1, 0.15) is 37.1 Å². The number of carboxylic acids is 2. The first-order valence-corrected chi connectivity index (χ1v) is 16.9. The Morgan fingerprint density at radius 1 is 0.464 bits per heavy atom. The number of carbonyl (C=O) groups is 4. The van der Waals surface area contributed by atoms with Gasteiger partial charge < -0.3 is 51.3 Å². The largest absolute Gasteiger partial charge is 0.497 e. The number of amides is 2. The minimum Gasteiger partial charge on any atom is -0.497 e. The number of carboxylic acid groups (broad SMARTS) is 2. The van der Waals surface area contributed by atoms with Crippen molar-refractivity contribution >= 4 is 23.8 Å². The molecular formula is C42H56N4O10. The molecule has 0 bridgehead atoms. The van der Waals surface area contributed by atoms with Crippen LogP contribution in [0.3, 0.4) is 0 Å². The molecule has 0 heterocycles. The Hall–Kier alpha value is -6.12. The van der Waals surface area contributed by atoms with Crippen LogP contribution in [0, 0.1) is 0 Å². The Morgan fingerprint density at radius 3 is 0.875 bits per heavy atom. The smallest absolute Gasteiger partial charge is 0.326 e. The molecule has 4 aromatic rings. The van der Waals surface area contributed by atoms with Crippen molar-refractivity contribution in [2.75, 3.05) is 28.4 Å². The van der Waals surface area contributed by atoms with Crippen molar-refractivity contribution < 1.29 is 48.3 Å². The summed E-state index contributed by atoms with van der Waals surface area (Å²) in [6, 6.07) is 24.6. The summed E-state index contributed by atoms with van der Waals surface area (Å²) in [5.74, 6) is -0.471. The van der Waals surface area contributed by atoms with Gasteiger partial charge >= 0.3 is 11.9 Å². The summed E-state index contributed by atoms with van der Waals surface area (Å²) in [6.45, 7) is 0. The fraction of sp³-hybridized carbons (Fsp3) is 0.333. The molecule has 14 nitrogen and oxygen atoms in total. The predicted molar refractivity (Wildman–Crippen MR) is 215 cm³/mol. The third-order valence-corrected chi connectivity index (χ3v) is 8.33. The summed E-state index contributed by atoms with van der Waals surface area (Å²) in [6.07, 6.45) is 0.899. The Bertz CT molecular complexity index is 1650. The van der Waals surface area contributed by atoms with Gasteiger partial charge in [-0.1, -0.05) is 63.4 Å². The molecule has 0 aliphatic carbocycles. The van der Waals surface area contributed by atoms with Crippen LogP contribution in [0.2, 0.25) is 0 Å². The molecule has 4 rings (SSSR count). The van der Waals surface area contributed by atoms with E-state index in [1.807, 2.05) is 24.3 Å². The molecule has 0 fully saturated rings. The second kappa shape index (κ2) is 24.3. The van der Waals surface area contributed by atoms with E-state index in [1.165, 1.54) is 0 Å². The van der Waals surface area contributed by atoms with Gasteiger partial charge in [0, 0.05) is 12.8 Å². The van der Waals surface area contributed by atoms with Crippen LogP contribution in [-0.2, 0) is 44.9 Å². The van der Waals surface area contributed by atoms with E-state index < -0.39 is 47.9 Å². The van der Waals surface area contributed by atoms with E-state index in [1.54, 1.807) is 101 Å². The third-order valence-electron chi connectivity index (χ3n) is 8.33. The van der Waals surface area contributed by atoms with Gasteiger partial charge in [0.15, 0.2) is 0 Å². The van der Waals surface area contributed by atoms with Gasteiger partial charge in [-0.05, 0) is 83.6 Å². The Balaban J connectivity index is 0.000000541. The number of hydrogen-bond donors (Lipinski definition) is 6. The Kier molecular flexibility index (Phi) is 20.8. The van der Waals surface area contributed by atoms with E-state index in [-0.39, 0.29) is 27.7 Å². The van der Waals surface area contributed by atoms with Crippen LogP contribution >= 0.6 is 0 Å². The summed E-state index contributed by atoms with van der Waals surface area (Å²) in [5.41, 5.74) is 15.2. The SMILES string of the molecule is C.C.COc1ccc(C[C@@H](N)C(=O)N[C@@H](Cc2ccc(OC)cc2)C(=O)O)cc1.COc1ccc(C[C@H](N)C(=O)N[C@H](Cc2ccc(OC)cc2)C(=O)O)cc1. The van der Waals surface area contributed by atoms with E-state index in [2.05, 4.69) is 10.6 Å². The number of nitrogens with one attached hydrogen (secondary N) is 2. The maximum absolute atomic E-state index is 12.3. The second-order valence-corrected chi connectivity index (χ2v) is 12.2. The summed E-state index contributed by atoms with van der Waals surface area (Å²) < 4.78 is 20.3. The number of ether oxygens (including phenoxy) is 4. The van der Waals surface area contributed by atoms with Gasteiger partial charge in [-0.25, -0.2) is 9.59 Å². The zero-order valence-corrected chi connectivity index (χ0v) is 30.7. The average molecular weight is 777 g/mol. The van der Waals surface area contributed by atoms with Gasteiger partial charge in [-0.15, -0.1) is 0 Å². The van der Waals surface area contributed by atoms with Crippen molar-refractivity contribution in [3.05, 3.63) is 119 Å². The minimum absolute atomic E-state index is 0. The van der Waals surface area contributed by atoms with Crippen LogP contribution < -0.4 is 41.0 Å². The minimum atomic E-state index is -1.11. The maximum atomic E-state index is 12.3. The van der Waals surface area contributed by atoms with Gasteiger partial charge in [0.25, 0.3) is 0 Å². The molecule has 0 unspecified atom stereocenters. The molecule has 0 saturated carbocycles. The summed E-state index contributed by atoms with van der Waals surface area (Å²) in [5, 5.41) is 23.9. The number of benzene rings is 4. The molecule has 4 atom stereocenters. The number of methoxy groups -OCH3 is 4. The lowest BCUT2D eigenvalue weighted by molar-refractivity contribution is -0.142. The highest BCUT2D eigenvalue weighted by molar-refractivity contribution is 5.88. The second-order valence-electron chi connectivity index (χ2n) is 12.2. The Labute approximate surface area is 329 Å². The molecule has 56 heavy (non-hydrogen) atoms. The molecule has 0 radical (unpaired) electrons. The quantitative estimate of drug-likeness (QED) is 0.0843. The predicted octanol–water partition coefficient (Wildman–Crippen LogP) is 4.04. The zero-order chi connectivity index (χ0) is 39.6. The normalized spacial score (nSPS) is 12.2. The molecule has 0 aliphatic rings. The maximum Gasteiger partial charge on any atom is 0.326 e. The molecule has 8 N–H and O–H groups in total. The molecule has 0 spiro atoms. The van der Waals surface area contributed by atoms with E-state index in [0.717, 1.165) is 22.3 Å². The fourth-order valence-electron chi connectivity index (χ4n) is 5.17. The summed E-state index contributed by atoms with van der Waals surface area (Å²) in [7, 11) is 6.26. The lowest BCUT2D eigenvalue weighted by Crippen LogP contribution is -2.50. The van der Waals surface area contributed by atoms with Gasteiger partial charge in [0.2, 0.25) is 11.8 Å². The molecule has 304 valence electrons. The first-order valence-electron chi connectivity index (χ1n) is 16.9. The fourth-order valence-corrected chi connectivity index (χ4v) is 5.17. The average Bonchev–Trinajstić information content (AvgIpc) is 3.18. The number of carbonyl (C=O) groups excluding carboxylic acids is 2. The Morgan fingerprint density at radius 2 is 0.679 bits per heavy atom. The topological polar surface area (TPSA) is 222 Å². The van der Waals surface area contributed by atoms with Crippen molar-refractivity contribution in [3.63, 3.8) is 0 Å².